The Balaban J connectivity index is 1.06. The fourth-order valence-corrected chi connectivity index (χ4v) is 9.77. The van der Waals surface area contributed by atoms with E-state index in [1.165, 1.54) is 116 Å². The van der Waals surface area contributed by atoms with Crippen LogP contribution in [0.2, 0.25) is 0 Å². The molecular weight excluding hydrogens is 759 g/mol. The molecule has 0 amide bonds. The Morgan fingerprint density at radius 1 is 0.190 bits per heavy atom. The highest BCUT2D eigenvalue weighted by molar-refractivity contribution is 6.22. The summed E-state index contributed by atoms with van der Waals surface area (Å²) in [6.07, 6.45) is 0. The van der Waals surface area contributed by atoms with Crippen molar-refractivity contribution in [2.45, 2.75) is 0 Å². The summed E-state index contributed by atoms with van der Waals surface area (Å²) in [5.74, 6) is 0. The molecule has 1 heteroatoms. The molecule has 0 N–H and O–H groups in total. The molecule has 1 nitrogen and oxygen atoms in total. The molecule has 12 aromatic rings. The molecule has 63 heavy (non-hydrogen) atoms. The number of para-hydroxylation sites is 2. The van der Waals surface area contributed by atoms with E-state index in [-0.39, 0.29) is 0 Å². The van der Waals surface area contributed by atoms with Gasteiger partial charge in [0.25, 0.3) is 0 Å². The van der Waals surface area contributed by atoms with Crippen LogP contribution >= 0.6 is 0 Å². The number of nitrogens with zero attached hydrogens (tertiary/aromatic N) is 1. The van der Waals surface area contributed by atoms with Crippen LogP contribution in [0.25, 0.3) is 116 Å². The predicted octanol–water partition coefficient (Wildman–Crippen LogP) is 17.1. The monoisotopic (exact) mass is 799 g/mol. The Kier molecular flexibility index (Phi) is 8.90. The van der Waals surface area contributed by atoms with Crippen LogP contribution in [0.1, 0.15) is 0 Å². The lowest BCUT2D eigenvalue weighted by Crippen LogP contribution is -1.93. The van der Waals surface area contributed by atoms with Crippen LogP contribution < -0.4 is 0 Å². The quantitative estimate of drug-likeness (QED) is 0.142. The molecule has 0 atom stereocenters. The second-order valence-electron chi connectivity index (χ2n) is 16.4. The van der Waals surface area contributed by atoms with Gasteiger partial charge in [0.2, 0.25) is 0 Å². The molecule has 0 bridgehead atoms. The zero-order chi connectivity index (χ0) is 41.7. The van der Waals surface area contributed by atoms with Crippen LogP contribution in [0.3, 0.4) is 0 Å². The van der Waals surface area contributed by atoms with Crippen molar-refractivity contribution in [2.75, 3.05) is 0 Å². The summed E-state index contributed by atoms with van der Waals surface area (Å²) in [5, 5.41) is 7.45. The Hall–Kier alpha value is -8.26. The molecule has 0 radical (unpaired) electrons. The zero-order valence-corrected chi connectivity index (χ0v) is 34.6. The maximum Gasteiger partial charge on any atom is 0.0541 e. The van der Waals surface area contributed by atoms with Crippen molar-refractivity contribution in [3.8, 4) is 72.4 Å². The molecular formula is C62H41N. The van der Waals surface area contributed by atoms with Crippen molar-refractivity contribution in [2.24, 2.45) is 0 Å². The molecule has 1 heterocycles. The minimum atomic E-state index is 1.17. The molecule has 0 spiro atoms. The number of hydrogen-bond acceptors (Lipinski definition) is 0. The third-order valence-electron chi connectivity index (χ3n) is 12.8. The fourth-order valence-electron chi connectivity index (χ4n) is 9.77. The second kappa shape index (κ2) is 15.3. The fraction of sp³-hybridized carbons (Fsp3) is 0. The van der Waals surface area contributed by atoms with Crippen molar-refractivity contribution in [1.82, 2.24) is 4.57 Å². The Bertz CT molecular complexity index is 3610. The van der Waals surface area contributed by atoms with E-state index in [0.29, 0.717) is 0 Å². The standard InChI is InChI=1S/C62H41N/c1-5-15-42(16-6-1)45-25-29-47(30-26-45)61-54-36-33-50(44-19-9-3-10-20-44)41-58(54)62(55-37-34-49(40-57(55)61)43-17-7-2-8-18-43)48-31-27-46(28-32-48)51-35-38-60-56(39-51)53-23-13-14-24-59(53)63(60)52-21-11-4-12-22-52/h1-41H. The molecule has 294 valence electrons. The van der Waals surface area contributed by atoms with Gasteiger partial charge in [-0.15, -0.1) is 0 Å². The normalized spacial score (nSPS) is 11.5. The van der Waals surface area contributed by atoms with E-state index < -0.39 is 0 Å². The van der Waals surface area contributed by atoms with Gasteiger partial charge >= 0.3 is 0 Å². The van der Waals surface area contributed by atoms with E-state index in [1.807, 2.05) is 0 Å². The topological polar surface area (TPSA) is 4.93 Å². The predicted molar refractivity (Wildman–Crippen MR) is 268 cm³/mol. The smallest absolute Gasteiger partial charge is 0.0541 e. The number of rotatable bonds is 7. The van der Waals surface area contributed by atoms with Crippen molar-refractivity contribution in [1.29, 1.82) is 0 Å². The average molecular weight is 800 g/mol. The van der Waals surface area contributed by atoms with E-state index in [4.69, 9.17) is 0 Å². The Labute approximate surface area is 367 Å². The van der Waals surface area contributed by atoms with Crippen LogP contribution in [0.15, 0.2) is 249 Å². The van der Waals surface area contributed by atoms with Gasteiger partial charge in [-0.25, -0.2) is 0 Å². The van der Waals surface area contributed by atoms with Crippen molar-refractivity contribution >= 4 is 43.4 Å². The molecule has 0 fully saturated rings. The highest BCUT2D eigenvalue weighted by Crippen LogP contribution is 2.47. The molecule has 12 rings (SSSR count). The molecule has 0 saturated carbocycles. The first-order valence-electron chi connectivity index (χ1n) is 21.7. The first-order chi connectivity index (χ1) is 31.2. The number of benzene rings is 11. The summed E-state index contributed by atoms with van der Waals surface area (Å²) in [4.78, 5) is 0. The number of hydrogen-bond donors (Lipinski definition) is 0. The van der Waals surface area contributed by atoms with Crippen LogP contribution in [-0.2, 0) is 0 Å². The molecule has 0 aliphatic heterocycles. The van der Waals surface area contributed by atoms with Crippen molar-refractivity contribution in [3.63, 3.8) is 0 Å². The third kappa shape index (κ3) is 6.42. The molecule has 0 aliphatic carbocycles. The molecule has 0 aliphatic rings. The van der Waals surface area contributed by atoms with E-state index in [0.717, 1.165) is 0 Å². The van der Waals surface area contributed by atoms with Crippen molar-refractivity contribution in [3.05, 3.63) is 249 Å². The van der Waals surface area contributed by atoms with Gasteiger partial charge in [0.1, 0.15) is 0 Å². The van der Waals surface area contributed by atoms with Crippen LogP contribution in [-0.4, -0.2) is 4.57 Å². The summed E-state index contributed by atoms with van der Waals surface area (Å²) in [5.41, 5.74) is 18.1. The maximum atomic E-state index is 2.41. The Morgan fingerprint density at radius 3 is 1.03 bits per heavy atom. The van der Waals surface area contributed by atoms with Gasteiger partial charge in [0, 0.05) is 16.5 Å². The summed E-state index contributed by atoms with van der Waals surface area (Å²) in [6.45, 7) is 0. The van der Waals surface area contributed by atoms with E-state index in [1.54, 1.807) is 0 Å². The zero-order valence-electron chi connectivity index (χ0n) is 34.6. The van der Waals surface area contributed by atoms with Gasteiger partial charge < -0.3 is 4.57 Å². The number of aromatic nitrogens is 1. The lowest BCUT2D eigenvalue weighted by molar-refractivity contribution is 1.18. The summed E-state index contributed by atoms with van der Waals surface area (Å²) in [6, 6.07) is 91.0. The molecule has 1 aromatic heterocycles. The van der Waals surface area contributed by atoms with Gasteiger partial charge in [-0.05, 0) is 131 Å². The minimum absolute atomic E-state index is 1.17. The largest absolute Gasteiger partial charge is 0.309 e. The SMILES string of the molecule is c1ccc(-c2ccc(-c3c4ccc(-c5ccccc5)cc4c(-c4ccc(-c5ccc6c(c5)c5ccccc5n6-c5ccccc5)cc4)c4ccc(-c5ccccc5)cc34)cc2)cc1. The first kappa shape index (κ1) is 36.6. The van der Waals surface area contributed by atoms with Gasteiger partial charge in [-0.2, -0.15) is 0 Å². The van der Waals surface area contributed by atoms with Gasteiger partial charge in [0.15, 0.2) is 0 Å². The summed E-state index contributed by atoms with van der Waals surface area (Å²) in [7, 11) is 0. The van der Waals surface area contributed by atoms with Gasteiger partial charge in [-0.1, -0.05) is 206 Å². The minimum Gasteiger partial charge on any atom is -0.309 e. The lowest BCUT2D eigenvalue weighted by atomic mass is 9.83. The maximum absolute atomic E-state index is 2.41. The highest BCUT2D eigenvalue weighted by Gasteiger charge is 2.20. The van der Waals surface area contributed by atoms with Crippen molar-refractivity contribution < 1.29 is 0 Å². The summed E-state index contributed by atoms with van der Waals surface area (Å²) < 4.78 is 2.38. The molecule has 0 unspecified atom stereocenters. The lowest BCUT2D eigenvalue weighted by Gasteiger charge is -2.20. The van der Waals surface area contributed by atoms with Crippen LogP contribution in [0, 0.1) is 0 Å². The van der Waals surface area contributed by atoms with E-state index in [9.17, 15) is 0 Å². The summed E-state index contributed by atoms with van der Waals surface area (Å²) >= 11 is 0. The second-order valence-corrected chi connectivity index (χ2v) is 16.4. The molecule has 11 aromatic carbocycles. The van der Waals surface area contributed by atoms with Gasteiger partial charge in [-0.3, -0.25) is 0 Å². The number of fused-ring (bicyclic) bond motifs is 5. The van der Waals surface area contributed by atoms with Crippen LogP contribution in [0.4, 0.5) is 0 Å². The van der Waals surface area contributed by atoms with E-state index >= 15 is 0 Å². The Morgan fingerprint density at radius 2 is 0.524 bits per heavy atom. The van der Waals surface area contributed by atoms with Gasteiger partial charge in [0.05, 0.1) is 11.0 Å². The highest BCUT2D eigenvalue weighted by atomic mass is 15.0. The van der Waals surface area contributed by atoms with Crippen LogP contribution in [0.5, 0.6) is 0 Å². The average Bonchev–Trinajstić information content (AvgIpc) is 3.70. The molecule has 0 saturated heterocycles. The first-order valence-corrected chi connectivity index (χ1v) is 21.7. The van der Waals surface area contributed by atoms with E-state index in [2.05, 4.69) is 253 Å². The third-order valence-corrected chi connectivity index (χ3v) is 12.8.